The Balaban J connectivity index is 2.07. The molecule has 3 heteroatoms. The molecule has 0 heterocycles. The summed E-state index contributed by atoms with van der Waals surface area (Å²) >= 11 is 12.0. The molecule has 1 aliphatic carbocycles. The van der Waals surface area contributed by atoms with Crippen molar-refractivity contribution in [1.29, 1.82) is 0 Å². The Morgan fingerprint density at radius 3 is 2.31 bits per heavy atom. The lowest BCUT2D eigenvalue weighted by Crippen LogP contribution is -2.11. The first-order valence-electron chi connectivity index (χ1n) is 5.75. The first-order valence-corrected chi connectivity index (χ1v) is 6.50. The van der Waals surface area contributed by atoms with Gasteiger partial charge in [-0.15, -0.1) is 0 Å². The average molecular weight is 256 g/mol. The minimum absolute atomic E-state index is 0.414. The van der Waals surface area contributed by atoms with Crippen LogP contribution in [0.1, 0.15) is 37.7 Å². The van der Waals surface area contributed by atoms with Crippen LogP contribution in [0.5, 0.6) is 0 Å². The van der Waals surface area contributed by atoms with Crippen LogP contribution in [0.25, 0.3) is 0 Å². The maximum absolute atomic E-state index is 6.20. The molecule has 1 saturated carbocycles. The molecule has 0 aromatic heterocycles. The molecular formula is C13H15Cl2N. The van der Waals surface area contributed by atoms with Gasteiger partial charge in [0.1, 0.15) is 5.17 Å². The highest BCUT2D eigenvalue weighted by Gasteiger charge is 2.13. The van der Waals surface area contributed by atoms with Crippen LogP contribution in [0.15, 0.2) is 29.3 Å². The molecule has 1 aliphatic rings. The van der Waals surface area contributed by atoms with Crippen molar-refractivity contribution in [3.05, 3.63) is 34.9 Å². The zero-order valence-electron chi connectivity index (χ0n) is 9.13. The van der Waals surface area contributed by atoms with E-state index in [1.165, 1.54) is 32.1 Å². The Morgan fingerprint density at radius 1 is 1.06 bits per heavy atom. The predicted octanol–water partition coefficient (Wildman–Crippen LogP) is 4.66. The Bertz CT molecular complexity index is 364. The molecule has 2 rings (SSSR count). The summed E-state index contributed by atoms with van der Waals surface area (Å²) in [6.45, 7) is 0. The Kier molecular flexibility index (Phi) is 4.25. The van der Waals surface area contributed by atoms with Crippen LogP contribution in [0.2, 0.25) is 5.02 Å². The smallest absolute Gasteiger partial charge is 0.131 e. The number of nitrogens with zero attached hydrogens (tertiary/aromatic N) is 1. The van der Waals surface area contributed by atoms with Crippen LogP contribution in [-0.2, 0) is 0 Å². The highest BCUT2D eigenvalue weighted by molar-refractivity contribution is 6.69. The van der Waals surface area contributed by atoms with Gasteiger partial charge in [-0.25, -0.2) is 0 Å². The lowest BCUT2D eigenvalue weighted by Gasteiger charge is -2.17. The molecule has 0 N–H and O–H groups in total. The summed E-state index contributed by atoms with van der Waals surface area (Å²) in [5.74, 6) is 0. The number of rotatable bonds is 2. The predicted molar refractivity (Wildman–Crippen MR) is 70.7 cm³/mol. The summed E-state index contributed by atoms with van der Waals surface area (Å²) in [7, 11) is 0. The maximum Gasteiger partial charge on any atom is 0.131 e. The van der Waals surface area contributed by atoms with Gasteiger partial charge in [0, 0.05) is 10.6 Å². The van der Waals surface area contributed by atoms with Crippen LogP contribution in [0, 0.1) is 0 Å². The molecule has 0 radical (unpaired) electrons. The summed E-state index contributed by atoms with van der Waals surface area (Å²) in [5.41, 5.74) is 0.955. The molecule has 16 heavy (non-hydrogen) atoms. The summed E-state index contributed by atoms with van der Waals surface area (Å²) in [5, 5.41) is 1.34. The molecule has 1 fully saturated rings. The van der Waals surface area contributed by atoms with Crippen LogP contribution < -0.4 is 0 Å². The van der Waals surface area contributed by atoms with E-state index in [-0.39, 0.29) is 0 Å². The van der Waals surface area contributed by atoms with Crippen LogP contribution in [0.3, 0.4) is 0 Å². The van der Waals surface area contributed by atoms with Crippen molar-refractivity contribution in [2.45, 2.75) is 38.1 Å². The quantitative estimate of drug-likeness (QED) is 0.682. The largest absolute Gasteiger partial charge is 0.269 e. The number of hydrogen-bond acceptors (Lipinski definition) is 1. The summed E-state index contributed by atoms with van der Waals surface area (Å²) < 4.78 is 0. The molecule has 0 unspecified atom stereocenters. The fourth-order valence-electron chi connectivity index (χ4n) is 2.03. The van der Waals surface area contributed by atoms with Gasteiger partial charge in [-0.1, -0.05) is 54.6 Å². The molecular weight excluding hydrogens is 241 g/mol. The summed E-state index contributed by atoms with van der Waals surface area (Å²) in [4.78, 5) is 4.57. The first-order chi connectivity index (χ1) is 7.75. The van der Waals surface area contributed by atoms with E-state index in [1.54, 1.807) is 0 Å². The number of halogens is 2. The van der Waals surface area contributed by atoms with Gasteiger partial charge in [0.2, 0.25) is 0 Å². The Hall–Kier alpha value is -0.530. The van der Waals surface area contributed by atoms with Gasteiger partial charge in [-0.05, 0) is 25.0 Å². The van der Waals surface area contributed by atoms with Gasteiger partial charge in [-0.2, -0.15) is 0 Å². The third kappa shape index (κ3) is 3.23. The van der Waals surface area contributed by atoms with Crippen molar-refractivity contribution in [2.75, 3.05) is 0 Å². The van der Waals surface area contributed by atoms with Crippen molar-refractivity contribution in [2.24, 2.45) is 4.99 Å². The second-order valence-corrected chi connectivity index (χ2v) is 5.01. The zero-order valence-corrected chi connectivity index (χ0v) is 10.6. The van der Waals surface area contributed by atoms with Crippen molar-refractivity contribution < 1.29 is 0 Å². The molecule has 0 saturated heterocycles. The van der Waals surface area contributed by atoms with Gasteiger partial charge < -0.3 is 0 Å². The fourth-order valence-corrected chi connectivity index (χ4v) is 2.42. The molecule has 0 spiro atoms. The average Bonchev–Trinajstić information content (AvgIpc) is 2.31. The minimum Gasteiger partial charge on any atom is -0.269 e. The zero-order chi connectivity index (χ0) is 11.4. The number of hydrogen-bond donors (Lipinski definition) is 0. The SMILES string of the molecule is ClC(=NC1CCCCC1)c1ccc(Cl)cc1. The van der Waals surface area contributed by atoms with Crippen molar-refractivity contribution >= 4 is 28.4 Å². The molecule has 0 amide bonds. The van der Waals surface area contributed by atoms with Gasteiger partial charge in [0.25, 0.3) is 0 Å². The topological polar surface area (TPSA) is 12.4 Å². The van der Waals surface area contributed by atoms with Gasteiger partial charge in [-0.3, -0.25) is 4.99 Å². The fraction of sp³-hybridized carbons (Fsp3) is 0.462. The lowest BCUT2D eigenvalue weighted by molar-refractivity contribution is 0.444. The van der Waals surface area contributed by atoms with E-state index in [1.807, 2.05) is 24.3 Å². The van der Waals surface area contributed by atoms with E-state index in [9.17, 15) is 0 Å². The Morgan fingerprint density at radius 2 is 1.69 bits per heavy atom. The number of aliphatic imine (C=N–C) groups is 1. The van der Waals surface area contributed by atoms with E-state index >= 15 is 0 Å². The monoisotopic (exact) mass is 255 g/mol. The second-order valence-electron chi connectivity index (χ2n) is 4.22. The molecule has 86 valence electrons. The summed E-state index contributed by atoms with van der Waals surface area (Å²) in [6.07, 6.45) is 6.23. The van der Waals surface area contributed by atoms with Crippen LogP contribution in [0.4, 0.5) is 0 Å². The molecule has 1 aromatic rings. The standard InChI is InChI=1S/C13H15Cl2N/c14-11-8-6-10(7-9-11)13(15)16-12-4-2-1-3-5-12/h6-9,12H,1-5H2. The van der Waals surface area contributed by atoms with E-state index in [0.717, 1.165) is 10.6 Å². The highest BCUT2D eigenvalue weighted by Crippen LogP contribution is 2.22. The molecule has 1 nitrogen and oxygen atoms in total. The van der Waals surface area contributed by atoms with E-state index in [0.29, 0.717) is 11.2 Å². The number of benzene rings is 1. The van der Waals surface area contributed by atoms with Crippen molar-refractivity contribution in [1.82, 2.24) is 0 Å². The van der Waals surface area contributed by atoms with E-state index in [4.69, 9.17) is 23.2 Å². The van der Waals surface area contributed by atoms with E-state index in [2.05, 4.69) is 4.99 Å². The first kappa shape index (κ1) is 11.9. The minimum atomic E-state index is 0.414. The van der Waals surface area contributed by atoms with Crippen LogP contribution >= 0.6 is 23.2 Å². The highest BCUT2D eigenvalue weighted by atomic mass is 35.5. The third-order valence-corrected chi connectivity index (χ3v) is 3.52. The van der Waals surface area contributed by atoms with Gasteiger partial charge in [0.15, 0.2) is 0 Å². The maximum atomic E-state index is 6.20. The molecule has 0 atom stereocenters. The van der Waals surface area contributed by atoms with Crippen molar-refractivity contribution in [3.63, 3.8) is 0 Å². The van der Waals surface area contributed by atoms with Crippen molar-refractivity contribution in [3.8, 4) is 0 Å². The second kappa shape index (κ2) is 5.70. The lowest BCUT2D eigenvalue weighted by atomic mass is 9.96. The van der Waals surface area contributed by atoms with E-state index < -0.39 is 0 Å². The molecule has 1 aromatic carbocycles. The summed E-state index contributed by atoms with van der Waals surface area (Å²) in [6, 6.07) is 7.93. The Labute approximate surface area is 106 Å². The normalized spacial score (nSPS) is 18.8. The van der Waals surface area contributed by atoms with Gasteiger partial charge in [0.05, 0.1) is 6.04 Å². The van der Waals surface area contributed by atoms with Gasteiger partial charge >= 0.3 is 0 Å². The molecule has 0 bridgehead atoms. The van der Waals surface area contributed by atoms with Crippen LogP contribution in [-0.4, -0.2) is 11.2 Å². The third-order valence-electron chi connectivity index (χ3n) is 2.95. The molecule has 0 aliphatic heterocycles.